The van der Waals surface area contributed by atoms with Gasteiger partial charge in [0.1, 0.15) is 12.3 Å². The van der Waals surface area contributed by atoms with Crippen LogP contribution >= 0.6 is 0 Å². The highest BCUT2D eigenvalue weighted by Gasteiger charge is 2.28. The zero-order valence-corrected chi connectivity index (χ0v) is 15.1. The number of carbonyl (C=O) groups excluding carboxylic acids is 3. The van der Waals surface area contributed by atoms with Crippen molar-refractivity contribution in [3.8, 4) is 5.75 Å². The Balaban J connectivity index is 1.87. The Hall–Kier alpha value is -3.56. The molecular formula is C19H18F3N3O4. The summed E-state index contributed by atoms with van der Waals surface area (Å²) in [5, 5.41) is 5.92. The van der Waals surface area contributed by atoms with Gasteiger partial charge in [-0.15, -0.1) is 0 Å². The highest BCUT2D eigenvalue weighted by atomic mass is 19.4. The minimum atomic E-state index is -4.59. The Kier molecular flexibility index (Phi) is 7.58. The van der Waals surface area contributed by atoms with Crippen molar-refractivity contribution in [3.05, 3.63) is 65.7 Å². The number of amides is 4. The molecule has 4 amide bonds. The number of imide groups is 1. The Morgan fingerprint density at radius 2 is 1.55 bits per heavy atom. The third-order valence-electron chi connectivity index (χ3n) is 3.49. The lowest BCUT2D eigenvalue weighted by Gasteiger charge is -2.12. The number of para-hydroxylation sites is 1. The molecule has 0 saturated carbocycles. The average molecular weight is 409 g/mol. The normalized spacial score (nSPS) is 10.7. The van der Waals surface area contributed by atoms with E-state index < -0.39 is 37.2 Å². The van der Waals surface area contributed by atoms with Gasteiger partial charge in [0.2, 0.25) is 0 Å². The molecule has 0 aliphatic rings. The number of rotatable bonds is 7. The standard InChI is InChI=1S/C19H18F3N3O4/c20-19(21,22)12-24-18(28)25-16(26)11-29-15-9-5-4-8-14(15)17(27)23-10-13-6-2-1-3-7-13/h1-9H,10-12H2,(H,23,27)(H2,24,25,26,28). The molecule has 0 radical (unpaired) electrons. The quantitative estimate of drug-likeness (QED) is 0.654. The van der Waals surface area contributed by atoms with Crippen molar-refractivity contribution < 1.29 is 32.3 Å². The van der Waals surface area contributed by atoms with E-state index in [2.05, 4.69) is 5.32 Å². The van der Waals surface area contributed by atoms with Gasteiger partial charge >= 0.3 is 12.2 Å². The second-order valence-electron chi connectivity index (χ2n) is 5.80. The molecule has 0 aliphatic carbocycles. The first-order valence-electron chi connectivity index (χ1n) is 8.43. The van der Waals surface area contributed by atoms with Crippen molar-refractivity contribution in [3.63, 3.8) is 0 Å². The number of ether oxygens (including phenoxy) is 1. The van der Waals surface area contributed by atoms with Crippen molar-refractivity contribution in [1.82, 2.24) is 16.0 Å². The lowest BCUT2D eigenvalue weighted by molar-refractivity contribution is -0.125. The zero-order valence-electron chi connectivity index (χ0n) is 15.1. The van der Waals surface area contributed by atoms with Crippen LogP contribution in [0.4, 0.5) is 18.0 Å². The van der Waals surface area contributed by atoms with Gasteiger partial charge in [-0.2, -0.15) is 13.2 Å². The first-order chi connectivity index (χ1) is 13.7. The topological polar surface area (TPSA) is 96.5 Å². The molecule has 10 heteroatoms. The van der Waals surface area contributed by atoms with E-state index >= 15 is 0 Å². The lowest BCUT2D eigenvalue weighted by atomic mass is 10.1. The number of halogens is 3. The van der Waals surface area contributed by atoms with Crippen molar-refractivity contribution in [2.45, 2.75) is 12.7 Å². The van der Waals surface area contributed by atoms with E-state index in [0.717, 1.165) is 5.56 Å². The van der Waals surface area contributed by atoms with Crippen molar-refractivity contribution in [2.24, 2.45) is 0 Å². The third kappa shape index (κ3) is 7.91. The van der Waals surface area contributed by atoms with E-state index in [-0.39, 0.29) is 17.9 Å². The van der Waals surface area contributed by atoms with E-state index in [4.69, 9.17) is 4.74 Å². The zero-order chi connectivity index (χ0) is 21.3. The summed E-state index contributed by atoms with van der Waals surface area (Å²) in [6.45, 7) is -1.95. The van der Waals surface area contributed by atoms with Crippen LogP contribution in [-0.2, 0) is 11.3 Å². The fourth-order valence-electron chi connectivity index (χ4n) is 2.18. The molecule has 0 bridgehead atoms. The molecule has 0 spiro atoms. The maximum atomic E-state index is 12.4. The van der Waals surface area contributed by atoms with Crippen LogP contribution in [-0.4, -0.2) is 37.2 Å². The predicted octanol–water partition coefficient (Wildman–Crippen LogP) is 2.38. The molecule has 0 atom stereocenters. The van der Waals surface area contributed by atoms with Gasteiger partial charge in [0, 0.05) is 6.54 Å². The first-order valence-corrected chi connectivity index (χ1v) is 8.43. The maximum Gasteiger partial charge on any atom is 0.405 e. The molecule has 0 aromatic heterocycles. The average Bonchev–Trinajstić information content (AvgIpc) is 2.69. The van der Waals surface area contributed by atoms with Gasteiger partial charge in [-0.3, -0.25) is 14.9 Å². The van der Waals surface area contributed by atoms with E-state index in [1.165, 1.54) is 17.4 Å². The van der Waals surface area contributed by atoms with Gasteiger partial charge in [-0.25, -0.2) is 4.79 Å². The molecule has 3 N–H and O–H groups in total. The Morgan fingerprint density at radius 3 is 2.24 bits per heavy atom. The molecule has 7 nitrogen and oxygen atoms in total. The van der Waals surface area contributed by atoms with Crippen LogP contribution in [0.5, 0.6) is 5.75 Å². The van der Waals surface area contributed by atoms with Gasteiger partial charge < -0.3 is 15.4 Å². The van der Waals surface area contributed by atoms with E-state index in [9.17, 15) is 27.6 Å². The second kappa shape index (κ2) is 10.1. The maximum absolute atomic E-state index is 12.4. The Morgan fingerprint density at radius 1 is 0.897 bits per heavy atom. The second-order valence-corrected chi connectivity index (χ2v) is 5.80. The molecule has 154 valence electrons. The van der Waals surface area contributed by atoms with Gasteiger partial charge in [0.25, 0.3) is 11.8 Å². The number of urea groups is 1. The highest BCUT2D eigenvalue weighted by molar-refractivity contribution is 5.97. The number of hydrogen-bond acceptors (Lipinski definition) is 4. The van der Waals surface area contributed by atoms with E-state index in [0.29, 0.717) is 0 Å². The molecule has 2 aromatic rings. The summed E-state index contributed by atoms with van der Waals surface area (Å²) in [4.78, 5) is 35.3. The molecule has 0 unspecified atom stereocenters. The van der Waals surface area contributed by atoms with Crippen LogP contribution < -0.4 is 20.7 Å². The summed E-state index contributed by atoms with van der Waals surface area (Å²) in [5.41, 5.74) is 1.06. The lowest BCUT2D eigenvalue weighted by Crippen LogP contribution is -2.44. The van der Waals surface area contributed by atoms with Gasteiger partial charge in [-0.1, -0.05) is 42.5 Å². The Bertz CT molecular complexity index is 857. The van der Waals surface area contributed by atoms with Crippen molar-refractivity contribution in [2.75, 3.05) is 13.2 Å². The molecule has 0 aliphatic heterocycles. The van der Waals surface area contributed by atoms with Crippen LogP contribution in [0.15, 0.2) is 54.6 Å². The molecule has 2 aromatic carbocycles. The van der Waals surface area contributed by atoms with Crippen LogP contribution in [0.1, 0.15) is 15.9 Å². The Labute approximate surface area is 164 Å². The highest BCUT2D eigenvalue weighted by Crippen LogP contribution is 2.18. The first kappa shape index (κ1) is 21.7. The molecule has 0 fully saturated rings. The summed E-state index contributed by atoms with van der Waals surface area (Å²) in [6.07, 6.45) is -4.59. The van der Waals surface area contributed by atoms with Crippen LogP contribution in [0, 0.1) is 0 Å². The monoisotopic (exact) mass is 409 g/mol. The summed E-state index contributed by atoms with van der Waals surface area (Å²) in [7, 11) is 0. The molecule has 2 rings (SSSR count). The van der Waals surface area contributed by atoms with Gasteiger partial charge in [-0.05, 0) is 17.7 Å². The number of alkyl halides is 3. The summed E-state index contributed by atoms with van der Waals surface area (Å²) in [6, 6.07) is 14.0. The fourth-order valence-corrected chi connectivity index (χ4v) is 2.18. The summed E-state index contributed by atoms with van der Waals surface area (Å²) in [5.74, 6) is -1.32. The van der Waals surface area contributed by atoms with Crippen LogP contribution in [0.2, 0.25) is 0 Å². The summed E-state index contributed by atoms with van der Waals surface area (Å²) >= 11 is 0. The minimum Gasteiger partial charge on any atom is -0.483 e. The molecule has 29 heavy (non-hydrogen) atoms. The van der Waals surface area contributed by atoms with Crippen LogP contribution in [0.3, 0.4) is 0 Å². The number of nitrogens with one attached hydrogen (secondary N) is 3. The number of hydrogen-bond donors (Lipinski definition) is 3. The van der Waals surface area contributed by atoms with Crippen molar-refractivity contribution >= 4 is 17.8 Å². The predicted molar refractivity (Wildman–Crippen MR) is 97.1 cm³/mol. The number of carbonyl (C=O) groups is 3. The smallest absolute Gasteiger partial charge is 0.405 e. The third-order valence-corrected chi connectivity index (χ3v) is 3.49. The molecule has 0 heterocycles. The van der Waals surface area contributed by atoms with Crippen LogP contribution in [0.25, 0.3) is 0 Å². The fraction of sp³-hybridized carbons (Fsp3) is 0.211. The number of benzene rings is 2. The summed E-state index contributed by atoms with van der Waals surface area (Å²) < 4.78 is 41.3. The van der Waals surface area contributed by atoms with E-state index in [1.807, 2.05) is 30.3 Å². The SMILES string of the molecule is O=C(COc1ccccc1C(=O)NCc1ccccc1)NC(=O)NCC(F)(F)F. The van der Waals surface area contributed by atoms with E-state index in [1.54, 1.807) is 17.4 Å². The minimum absolute atomic E-state index is 0.0870. The molecule has 0 saturated heterocycles. The van der Waals surface area contributed by atoms with Crippen molar-refractivity contribution in [1.29, 1.82) is 0 Å². The largest absolute Gasteiger partial charge is 0.483 e. The molecular weight excluding hydrogens is 391 g/mol. The van der Waals surface area contributed by atoms with Gasteiger partial charge in [0.05, 0.1) is 5.56 Å². The van der Waals surface area contributed by atoms with Gasteiger partial charge in [0.15, 0.2) is 6.61 Å².